The van der Waals surface area contributed by atoms with Crippen molar-refractivity contribution < 1.29 is 9.53 Å². The Morgan fingerprint density at radius 3 is 2.33 bits per heavy atom. The fourth-order valence-corrected chi connectivity index (χ4v) is 2.38. The number of hydrogen-bond acceptors (Lipinski definition) is 3. The van der Waals surface area contributed by atoms with Gasteiger partial charge in [0.1, 0.15) is 0 Å². The van der Waals surface area contributed by atoms with Gasteiger partial charge in [-0.25, -0.2) is 4.79 Å². The first-order chi connectivity index (χ1) is 8.11. The van der Waals surface area contributed by atoms with Crippen molar-refractivity contribution in [2.75, 3.05) is 20.2 Å². The molecule has 0 aromatic rings. The smallest absolute Gasteiger partial charge is 0.409 e. The molecule has 0 aliphatic carbocycles. The Morgan fingerprint density at radius 1 is 1.33 bits per heavy atom. The second kappa shape index (κ2) is 7.79. The summed E-state index contributed by atoms with van der Waals surface area (Å²) in [5.74, 6) is 0.552. The van der Waals surface area contributed by atoms with Gasteiger partial charge in [-0.1, -0.05) is 33.5 Å². The molecule has 0 bridgehead atoms. The van der Waals surface area contributed by atoms with Gasteiger partial charge in [-0.2, -0.15) is 0 Å². The maximum absolute atomic E-state index is 11.7. The monoisotopic (exact) mass is 274 g/mol. The molecular weight excluding hydrogens is 244 g/mol. The summed E-state index contributed by atoms with van der Waals surface area (Å²) in [7, 11) is 0.614. The van der Waals surface area contributed by atoms with Crippen LogP contribution in [0, 0.1) is 5.92 Å². The Labute approximate surface area is 113 Å². The summed E-state index contributed by atoms with van der Waals surface area (Å²) in [5.41, 5.74) is 5.97. The maximum atomic E-state index is 11.7. The molecule has 0 saturated heterocycles. The summed E-state index contributed by atoms with van der Waals surface area (Å²) in [6, 6.07) is 1.03. The van der Waals surface area contributed by atoms with Gasteiger partial charge >= 0.3 is 6.09 Å². The zero-order valence-electron chi connectivity index (χ0n) is 12.8. The fourth-order valence-electron chi connectivity index (χ4n) is 1.66. The van der Waals surface area contributed by atoms with Gasteiger partial charge in [0.05, 0.1) is 6.61 Å². The van der Waals surface area contributed by atoms with Crippen molar-refractivity contribution in [2.24, 2.45) is 11.7 Å². The van der Waals surface area contributed by atoms with E-state index < -0.39 is 8.07 Å². The molecule has 4 nitrogen and oxygen atoms in total. The zero-order chi connectivity index (χ0) is 14.3. The number of ether oxygens (including phenoxy) is 1. The average molecular weight is 274 g/mol. The van der Waals surface area contributed by atoms with E-state index in [2.05, 4.69) is 33.5 Å². The number of nitrogens with zero attached hydrogens (tertiary/aromatic N) is 1. The molecule has 0 aromatic carbocycles. The minimum Gasteiger partial charge on any atom is -0.450 e. The Morgan fingerprint density at radius 2 is 1.89 bits per heavy atom. The third kappa shape index (κ3) is 9.47. The molecule has 0 heterocycles. The third-order valence-electron chi connectivity index (χ3n) is 2.67. The molecule has 0 spiro atoms. The predicted octanol–water partition coefficient (Wildman–Crippen LogP) is 2.77. The molecule has 1 amide bonds. The minimum atomic E-state index is -1.13. The van der Waals surface area contributed by atoms with E-state index >= 15 is 0 Å². The van der Waals surface area contributed by atoms with Crippen molar-refractivity contribution in [2.45, 2.75) is 52.0 Å². The molecule has 18 heavy (non-hydrogen) atoms. The first-order valence-electron chi connectivity index (χ1n) is 6.75. The van der Waals surface area contributed by atoms with Crippen LogP contribution in [-0.4, -0.2) is 45.3 Å². The Hall–Kier alpha value is -0.553. The third-order valence-corrected chi connectivity index (χ3v) is 4.38. The largest absolute Gasteiger partial charge is 0.450 e. The molecule has 0 aliphatic rings. The number of carbonyl (C=O) groups is 1. The van der Waals surface area contributed by atoms with Crippen LogP contribution in [-0.2, 0) is 4.74 Å². The van der Waals surface area contributed by atoms with E-state index in [0.717, 1.165) is 12.5 Å². The maximum Gasteiger partial charge on any atom is 0.409 e. The highest BCUT2D eigenvalue weighted by Gasteiger charge is 2.17. The SMILES string of the molecule is CC(C)C[C@H](N)CN(C)C(=O)OCC[Si](C)(C)C. The van der Waals surface area contributed by atoms with Crippen LogP contribution in [0.15, 0.2) is 0 Å². The first-order valence-corrected chi connectivity index (χ1v) is 10.5. The molecule has 0 aliphatic heterocycles. The second-order valence-electron chi connectivity index (χ2n) is 6.70. The van der Waals surface area contributed by atoms with E-state index in [0.29, 0.717) is 19.1 Å². The van der Waals surface area contributed by atoms with Crippen LogP contribution in [0.25, 0.3) is 0 Å². The summed E-state index contributed by atoms with van der Waals surface area (Å²) in [4.78, 5) is 13.3. The zero-order valence-corrected chi connectivity index (χ0v) is 13.8. The summed E-state index contributed by atoms with van der Waals surface area (Å²) in [6.45, 7) is 12.1. The van der Waals surface area contributed by atoms with E-state index in [1.807, 2.05) is 0 Å². The van der Waals surface area contributed by atoms with E-state index in [-0.39, 0.29) is 12.1 Å². The highest BCUT2D eigenvalue weighted by atomic mass is 28.3. The summed E-state index contributed by atoms with van der Waals surface area (Å²) in [5, 5.41) is 0. The number of rotatable bonds is 7. The van der Waals surface area contributed by atoms with Crippen molar-refractivity contribution in [3.8, 4) is 0 Å². The van der Waals surface area contributed by atoms with Gasteiger partial charge in [0.2, 0.25) is 0 Å². The lowest BCUT2D eigenvalue weighted by molar-refractivity contribution is 0.113. The van der Waals surface area contributed by atoms with Crippen LogP contribution in [0.4, 0.5) is 4.79 Å². The minimum absolute atomic E-state index is 0.0274. The molecule has 1 atom stereocenters. The van der Waals surface area contributed by atoms with Crippen molar-refractivity contribution in [1.82, 2.24) is 4.90 Å². The molecule has 5 heteroatoms. The lowest BCUT2D eigenvalue weighted by atomic mass is 10.0. The van der Waals surface area contributed by atoms with Crippen molar-refractivity contribution >= 4 is 14.2 Å². The van der Waals surface area contributed by atoms with Crippen molar-refractivity contribution in [1.29, 1.82) is 0 Å². The highest BCUT2D eigenvalue weighted by Crippen LogP contribution is 2.09. The van der Waals surface area contributed by atoms with Crippen LogP contribution in [0.1, 0.15) is 20.3 Å². The quantitative estimate of drug-likeness (QED) is 0.726. The summed E-state index contributed by atoms with van der Waals surface area (Å²) >= 11 is 0. The van der Waals surface area contributed by atoms with Crippen molar-refractivity contribution in [3.05, 3.63) is 0 Å². The number of carbonyl (C=O) groups excluding carboxylic acids is 1. The number of amides is 1. The first kappa shape index (κ1) is 17.4. The number of nitrogens with two attached hydrogens (primary N) is 1. The average Bonchev–Trinajstić information content (AvgIpc) is 2.13. The Balaban J connectivity index is 3.89. The number of hydrogen-bond donors (Lipinski definition) is 1. The molecule has 0 rings (SSSR count). The summed E-state index contributed by atoms with van der Waals surface area (Å²) in [6.07, 6.45) is 0.666. The van der Waals surface area contributed by atoms with Crippen LogP contribution >= 0.6 is 0 Å². The molecular formula is C13H30N2O2Si. The Bertz CT molecular complexity index is 252. The summed E-state index contributed by atoms with van der Waals surface area (Å²) < 4.78 is 5.25. The molecule has 0 radical (unpaired) electrons. The highest BCUT2D eigenvalue weighted by molar-refractivity contribution is 6.76. The number of likely N-dealkylation sites (N-methyl/N-ethyl adjacent to an activating group) is 1. The second-order valence-corrected chi connectivity index (χ2v) is 12.3. The van der Waals surface area contributed by atoms with Crippen molar-refractivity contribution in [3.63, 3.8) is 0 Å². The molecule has 0 fully saturated rings. The lowest BCUT2D eigenvalue weighted by Gasteiger charge is -2.23. The van der Waals surface area contributed by atoms with Crippen LogP contribution in [0.2, 0.25) is 25.7 Å². The molecule has 108 valence electrons. The normalized spacial score (nSPS) is 13.6. The van der Waals surface area contributed by atoms with Gasteiger partial charge in [-0.15, -0.1) is 0 Å². The van der Waals surface area contributed by atoms with Gasteiger partial charge in [0.15, 0.2) is 0 Å². The van der Waals surface area contributed by atoms with Crippen LogP contribution < -0.4 is 5.73 Å². The molecule has 0 aromatic heterocycles. The van der Waals surface area contributed by atoms with Crippen LogP contribution in [0.5, 0.6) is 0 Å². The molecule has 0 unspecified atom stereocenters. The van der Waals surface area contributed by atoms with Gasteiger partial charge < -0.3 is 15.4 Å². The van der Waals surface area contributed by atoms with Crippen LogP contribution in [0.3, 0.4) is 0 Å². The molecule has 2 N–H and O–H groups in total. The van der Waals surface area contributed by atoms with Gasteiger partial charge in [-0.3, -0.25) is 0 Å². The fraction of sp³-hybridized carbons (Fsp3) is 0.923. The topological polar surface area (TPSA) is 55.6 Å². The predicted molar refractivity (Wildman–Crippen MR) is 79.6 cm³/mol. The standard InChI is InChI=1S/C13H30N2O2Si/c1-11(2)9-12(14)10-15(3)13(16)17-7-8-18(4,5)6/h11-12H,7-10,14H2,1-6H3/t12-/m0/s1. The van der Waals surface area contributed by atoms with E-state index in [9.17, 15) is 4.79 Å². The Kier molecular flexibility index (Phi) is 7.55. The van der Waals surface area contributed by atoms with Gasteiger partial charge in [0.25, 0.3) is 0 Å². The van der Waals surface area contributed by atoms with E-state index in [1.165, 1.54) is 0 Å². The van der Waals surface area contributed by atoms with Gasteiger partial charge in [0, 0.05) is 27.7 Å². The van der Waals surface area contributed by atoms with Gasteiger partial charge in [-0.05, 0) is 18.4 Å². The molecule has 0 saturated carbocycles. The van der Waals surface area contributed by atoms with E-state index in [1.54, 1.807) is 11.9 Å². The van der Waals surface area contributed by atoms with E-state index in [4.69, 9.17) is 10.5 Å². The lowest BCUT2D eigenvalue weighted by Crippen LogP contribution is -2.40.